The normalized spacial score (nSPS) is 14.8. The Bertz CT molecular complexity index is 384. The molecule has 1 N–H and O–H groups in total. The maximum Gasteiger partial charge on any atom is 0.231 e. The van der Waals surface area contributed by atoms with Gasteiger partial charge in [0.05, 0.1) is 0 Å². The third-order valence-corrected chi connectivity index (χ3v) is 3.71. The summed E-state index contributed by atoms with van der Waals surface area (Å²) in [6.07, 6.45) is 4.36. The summed E-state index contributed by atoms with van der Waals surface area (Å²) >= 11 is 1.88. The van der Waals surface area contributed by atoms with Crippen molar-refractivity contribution in [2.24, 2.45) is 0 Å². The molecule has 0 saturated heterocycles. The molecule has 0 aromatic heterocycles. The Morgan fingerprint density at radius 2 is 2.17 bits per heavy atom. The second kappa shape index (κ2) is 6.90. The van der Waals surface area contributed by atoms with E-state index >= 15 is 0 Å². The second-order valence-electron chi connectivity index (χ2n) is 4.57. The third kappa shape index (κ3) is 3.82. The van der Waals surface area contributed by atoms with Crippen LogP contribution in [0.1, 0.15) is 18.9 Å². The van der Waals surface area contributed by atoms with Crippen molar-refractivity contribution in [2.45, 2.75) is 25.8 Å². The van der Waals surface area contributed by atoms with Crippen molar-refractivity contribution in [1.82, 2.24) is 5.32 Å². The molecule has 1 unspecified atom stereocenters. The Kier molecular flexibility index (Phi) is 5.20. The molecule has 0 spiro atoms. The van der Waals surface area contributed by atoms with Gasteiger partial charge in [-0.3, -0.25) is 0 Å². The Balaban J connectivity index is 1.76. The van der Waals surface area contributed by atoms with Crippen molar-refractivity contribution in [2.75, 3.05) is 25.3 Å². The van der Waals surface area contributed by atoms with Gasteiger partial charge in [0.2, 0.25) is 6.79 Å². The summed E-state index contributed by atoms with van der Waals surface area (Å²) in [4.78, 5) is 0. The molecule has 2 rings (SSSR count). The first-order valence-electron chi connectivity index (χ1n) is 6.40. The van der Waals surface area contributed by atoms with Crippen LogP contribution in [0.2, 0.25) is 0 Å². The highest BCUT2D eigenvalue weighted by atomic mass is 32.2. The van der Waals surface area contributed by atoms with Crippen molar-refractivity contribution in [3.63, 3.8) is 0 Å². The molecule has 1 heterocycles. The average Bonchev–Trinajstić information content (AvgIpc) is 2.84. The van der Waals surface area contributed by atoms with E-state index in [1.54, 1.807) is 0 Å². The van der Waals surface area contributed by atoms with Crippen molar-refractivity contribution < 1.29 is 9.47 Å². The number of thioether (sulfide) groups is 1. The van der Waals surface area contributed by atoms with Crippen LogP contribution in [0, 0.1) is 0 Å². The zero-order chi connectivity index (χ0) is 12.8. The molecular weight excluding hydrogens is 246 g/mol. The van der Waals surface area contributed by atoms with Gasteiger partial charge in [0.1, 0.15) is 0 Å². The monoisotopic (exact) mass is 267 g/mol. The molecule has 4 heteroatoms. The molecule has 0 fully saturated rings. The highest BCUT2D eigenvalue weighted by molar-refractivity contribution is 7.98. The van der Waals surface area contributed by atoms with Crippen LogP contribution in [0.3, 0.4) is 0 Å². The van der Waals surface area contributed by atoms with Gasteiger partial charge in [0.25, 0.3) is 0 Å². The zero-order valence-electron chi connectivity index (χ0n) is 11.1. The number of ether oxygens (including phenoxy) is 2. The van der Waals surface area contributed by atoms with Crippen LogP contribution in [-0.4, -0.2) is 31.4 Å². The van der Waals surface area contributed by atoms with E-state index < -0.39 is 0 Å². The lowest BCUT2D eigenvalue weighted by molar-refractivity contribution is 0.174. The van der Waals surface area contributed by atoms with Gasteiger partial charge in [-0.2, -0.15) is 11.8 Å². The summed E-state index contributed by atoms with van der Waals surface area (Å²) < 4.78 is 10.7. The summed E-state index contributed by atoms with van der Waals surface area (Å²) in [5, 5.41) is 3.53. The van der Waals surface area contributed by atoms with Gasteiger partial charge in [-0.1, -0.05) is 6.07 Å². The van der Waals surface area contributed by atoms with Crippen molar-refractivity contribution in [3.8, 4) is 11.5 Å². The molecule has 0 radical (unpaired) electrons. The van der Waals surface area contributed by atoms with E-state index in [1.807, 2.05) is 17.8 Å². The predicted molar refractivity (Wildman–Crippen MR) is 76.7 cm³/mol. The summed E-state index contributed by atoms with van der Waals surface area (Å²) in [6.45, 7) is 3.68. The first-order valence-corrected chi connectivity index (χ1v) is 7.80. The van der Waals surface area contributed by atoms with Crippen LogP contribution in [-0.2, 0) is 6.42 Å². The van der Waals surface area contributed by atoms with Gasteiger partial charge < -0.3 is 14.8 Å². The number of rotatable bonds is 7. The minimum Gasteiger partial charge on any atom is -0.454 e. The number of aryl methyl sites for hydroxylation is 1. The number of hydrogen-bond acceptors (Lipinski definition) is 4. The summed E-state index contributed by atoms with van der Waals surface area (Å²) in [5.41, 5.74) is 1.32. The molecule has 1 aliphatic rings. The van der Waals surface area contributed by atoms with Crippen LogP contribution in [0.4, 0.5) is 0 Å². The minimum absolute atomic E-state index is 0.353. The predicted octanol–water partition coefficient (Wildman–Crippen LogP) is 2.69. The second-order valence-corrected chi connectivity index (χ2v) is 5.56. The fourth-order valence-electron chi connectivity index (χ4n) is 1.99. The molecule has 3 nitrogen and oxygen atoms in total. The van der Waals surface area contributed by atoms with Gasteiger partial charge in [0, 0.05) is 18.3 Å². The lowest BCUT2D eigenvalue weighted by Crippen LogP contribution is -2.28. The van der Waals surface area contributed by atoms with E-state index in [4.69, 9.17) is 9.47 Å². The fourth-order valence-corrected chi connectivity index (χ4v) is 2.31. The number of fused-ring (bicyclic) bond motifs is 1. The van der Waals surface area contributed by atoms with Crippen LogP contribution in [0.25, 0.3) is 0 Å². The van der Waals surface area contributed by atoms with Gasteiger partial charge in [-0.15, -0.1) is 0 Å². The van der Waals surface area contributed by atoms with Crippen LogP contribution in [0.15, 0.2) is 18.2 Å². The van der Waals surface area contributed by atoms with Gasteiger partial charge in [-0.05, 0) is 43.7 Å². The Hall–Kier alpha value is -0.870. The van der Waals surface area contributed by atoms with E-state index in [0.717, 1.165) is 30.9 Å². The van der Waals surface area contributed by atoms with Crippen molar-refractivity contribution in [1.29, 1.82) is 0 Å². The Labute approximate surface area is 113 Å². The number of nitrogens with one attached hydrogen (secondary N) is 1. The lowest BCUT2D eigenvalue weighted by Gasteiger charge is -2.13. The molecule has 1 aliphatic heterocycles. The lowest BCUT2D eigenvalue weighted by atomic mass is 10.1. The van der Waals surface area contributed by atoms with Crippen LogP contribution < -0.4 is 14.8 Å². The maximum absolute atomic E-state index is 5.38. The van der Waals surface area contributed by atoms with Gasteiger partial charge in [-0.25, -0.2) is 0 Å². The van der Waals surface area contributed by atoms with Crippen molar-refractivity contribution >= 4 is 11.8 Å². The summed E-state index contributed by atoms with van der Waals surface area (Å²) in [5.74, 6) is 2.93. The summed E-state index contributed by atoms with van der Waals surface area (Å²) in [7, 11) is 0. The maximum atomic E-state index is 5.38. The number of benzene rings is 1. The smallest absolute Gasteiger partial charge is 0.231 e. The van der Waals surface area contributed by atoms with Crippen LogP contribution in [0.5, 0.6) is 11.5 Å². The van der Waals surface area contributed by atoms with E-state index in [2.05, 4.69) is 30.6 Å². The molecule has 0 bridgehead atoms. The average molecular weight is 267 g/mol. The molecule has 0 saturated carbocycles. The van der Waals surface area contributed by atoms with Gasteiger partial charge in [0.15, 0.2) is 11.5 Å². The van der Waals surface area contributed by atoms with E-state index in [0.29, 0.717) is 12.8 Å². The van der Waals surface area contributed by atoms with Crippen LogP contribution >= 0.6 is 11.8 Å². The Morgan fingerprint density at radius 3 is 3.00 bits per heavy atom. The first kappa shape index (κ1) is 13.6. The minimum atomic E-state index is 0.353. The quantitative estimate of drug-likeness (QED) is 0.769. The third-order valence-electron chi connectivity index (χ3n) is 3.10. The molecule has 100 valence electrons. The van der Waals surface area contributed by atoms with E-state index in [1.165, 1.54) is 11.3 Å². The highest BCUT2D eigenvalue weighted by Gasteiger charge is 2.13. The molecular formula is C14H21NO2S. The summed E-state index contributed by atoms with van der Waals surface area (Å²) in [6, 6.07) is 6.78. The number of hydrogen-bond donors (Lipinski definition) is 1. The highest BCUT2D eigenvalue weighted by Crippen LogP contribution is 2.32. The van der Waals surface area contributed by atoms with E-state index in [9.17, 15) is 0 Å². The topological polar surface area (TPSA) is 30.5 Å². The molecule has 1 atom stereocenters. The zero-order valence-corrected chi connectivity index (χ0v) is 11.9. The first-order chi connectivity index (χ1) is 8.79. The SMILES string of the molecule is CSCCNC(C)CCc1ccc2c(c1)OCO2. The van der Waals surface area contributed by atoms with Crippen molar-refractivity contribution in [3.05, 3.63) is 23.8 Å². The molecule has 0 amide bonds. The van der Waals surface area contributed by atoms with Gasteiger partial charge >= 0.3 is 0 Å². The largest absolute Gasteiger partial charge is 0.454 e. The molecule has 18 heavy (non-hydrogen) atoms. The standard InChI is InChI=1S/C14H21NO2S/c1-11(15-7-8-18-2)3-4-12-5-6-13-14(9-12)17-10-16-13/h5-6,9,11,15H,3-4,7-8,10H2,1-2H3. The molecule has 1 aromatic rings. The van der Waals surface area contributed by atoms with E-state index in [-0.39, 0.29) is 0 Å². The molecule has 0 aliphatic carbocycles. The molecule has 1 aromatic carbocycles. The fraction of sp³-hybridized carbons (Fsp3) is 0.571. The Morgan fingerprint density at radius 1 is 1.33 bits per heavy atom.